The Balaban J connectivity index is 1.99. The van der Waals surface area contributed by atoms with Gasteiger partial charge in [-0.15, -0.1) is 13.2 Å². The molecule has 0 heterocycles. The van der Waals surface area contributed by atoms with Crippen molar-refractivity contribution < 1.29 is 27.1 Å². The maximum Gasteiger partial charge on any atom is 0.573 e. The number of alkyl halides is 3. The first-order valence-corrected chi connectivity index (χ1v) is 6.92. The normalized spacial score (nSPS) is 12.4. The molecule has 2 aromatic rings. The van der Waals surface area contributed by atoms with Crippen LogP contribution in [0.15, 0.2) is 48.5 Å². The monoisotopic (exact) mass is 342 g/mol. The summed E-state index contributed by atoms with van der Waals surface area (Å²) in [6.45, 7) is 1.52. The molecule has 1 unspecified atom stereocenters. The molecule has 8 heteroatoms. The Hall–Kier alpha value is -2.77. The second-order valence-corrected chi connectivity index (χ2v) is 4.94. The van der Waals surface area contributed by atoms with Crippen molar-refractivity contribution in [3.8, 4) is 5.75 Å². The van der Waals surface area contributed by atoms with Crippen molar-refractivity contribution in [2.45, 2.75) is 19.3 Å². The third kappa shape index (κ3) is 5.45. The van der Waals surface area contributed by atoms with Gasteiger partial charge < -0.3 is 15.4 Å². The molecule has 1 atom stereocenters. The van der Waals surface area contributed by atoms with Gasteiger partial charge in [-0.3, -0.25) is 4.79 Å². The van der Waals surface area contributed by atoms with Gasteiger partial charge >= 0.3 is 6.36 Å². The lowest BCUT2D eigenvalue weighted by Crippen LogP contribution is -2.31. The van der Waals surface area contributed by atoms with Crippen molar-refractivity contribution in [3.05, 3.63) is 54.3 Å². The van der Waals surface area contributed by atoms with E-state index in [1.807, 2.05) is 0 Å². The van der Waals surface area contributed by atoms with Crippen molar-refractivity contribution >= 4 is 17.3 Å². The lowest BCUT2D eigenvalue weighted by molar-refractivity contribution is -0.274. The minimum atomic E-state index is -4.79. The predicted molar refractivity (Wildman–Crippen MR) is 81.2 cm³/mol. The summed E-state index contributed by atoms with van der Waals surface area (Å²) >= 11 is 0. The van der Waals surface area contributed by atoms with Gasteiger partial charge in [-0.25, -0.2) is 4.39 Å². The van der Waals surface area contributed by atoms with Crippen LogP contribution in [0.2, 0.25) is 0 Å². The first-order valence-electron chi connectivity index (χ1n) is 6.92. The summed E-state index contributed by atoms with van der Waals surface area (Å²) in [4.78, 5) is 12.0. The highest BCUT2D eigenvalue weighted by Crippen LogP contribution is 2.25. The van der Waals surface area contributed by atoms with Crippen LogP contribution < -0.4 is 15.4 Å². The van der Waals surface area contributed by atoms with Gasteiger partial charge in [0.15, 0.2) is 0 Å². The number of nitrogens with one attached hydrogen (secondary N) is 2. The van der Waals surface area contributed by atoms with Gasteiger partial charge in [0.05, 0.1) is 0 Å². The minimum Gasteiger partial charge on any atom is -0.406 e. The molecule has 0 aromatic heterocycles. The minimum absolute atomic E-state index is 0.277. The lowest BCUT2D eigenvalue weighted by atomic mass is 10.2. The zero-order valence-corrected chi connectivity index (χ0v) is 12.5. The largest absolute Gasteiger partial charge is 0.573 e. The lowest BCUT2D eigenvalue weighted by Gasteiger charge is -2.16. The number of ether oxygens (including phenoxy) is 1. The Morgan fingerprint density at radius 1 is 1.08 bits per heavy atom. The van der Waals surface area contributed by atoms with Gasteiger partial charge in [-0.2, -0.15) is 0 Å². The van der Waals surface area contributed by atoms with Crippen LogP contribution in [-0.2, 0) is 4.79 Å². The van der Waals surface area contributed by atoms with E-state index in [4.69, 9.17) is 0 Å². The second kappa shape index (κ2) is 7.20. The number of hydrogen-bond donors (Lipinski definition) is 2. The van der Waals surface area contributed by atoms with E-state index in [1.165, 1.54) is 37.3 Å². The number of amides is 1. The summed E-state index contributed by atoms with van der Waals surface area (Å²) in [7, 11) is 0. The molecule has 24 heavy (non-hydrogen) atoms. The molecule has 0 aliphatic rings. The molecule has 0 spiro atoms. The zero-order chi connectivity index (χ0) is 17.7. The van der Waals surface area contributed by atoms with Crippen molar-refractivity contribution in [1.29, 1.82) is 0 Å². The Kier molecular flexibility index (Phi) is 5.28. The zero-order valence-electron chi connectivity index (χ0n) is 12.5. The van der Waals surface area contributed by atoms with Crippen LogP contribution in [0.3, 0.4) is 0 Å². The molecule has 2 aromatic carbocycles. The molecule has 2 rings (SSSR count). The first kappa shape index (κ1) is 17.6. The third-order valence-corrected chi connectivity index (χ3v) is 2.94. The van der Waals surface area contributed by atoms with Gasteiger partial charge in [-0.05, 0) is 37.3 Å². The predicted octanol–water partition coefficient (Wildman–Crippen LogP) is 4.16. The van der Waals surface area contributed by atoms with Crippen LogP contribution in [-0.4, -0.2) is 18.3 Å². The summed E-state index contributed by atoms with van der Waals surface area (Å²) in [5.41, 5.74) is 0.557. The summed E-state index contributed by atoms with van der Waals surface area (Å²) in [6, 6.07) is 9.72. The summed E-state index contributed by atoms with van der Waals surface area (Å²) < 4.78 is 53.5. The highest BCUT2D eigenvalue weighted by molar-refractivity contribution is 5.96. The Bertz CT molecular complexity index is 719. The molecule has 1 amide bonds. The Morgan fingerprint density at radius 2 is 1.75 bits per heavy atom. The number of rotatable bonds is 5. The van der Waals surface area contributed by atoms with Crippen LogP contribution in [0, 0.1) is 5.82 Å². The van der Waals surface area contributed by atoms with E-state index in [0.717, 1.165) is 18.2 Å². The number of benzene rings is 2. The van der Waals surface area contributed by atoms with Gasteiger partial charge in [0.25, 0.3) is 0 Å². The molecular formula is C16H14F4N2O2. The maximum absolute atomic E-state index is 13.1. The van der Waals surface area contributed by atoms with E-state index >= 15 is 0 Å². The van der Waals surface area contributed by atoms with E-state index in [2.05, 4.69) is 15.4 Å². The topological polar surface area (TPSA) is 50.4 Å². The molecule has 0 saturated heterocycles. The SMILES string of the molecule is CC(Nc1cccc(OC(F)(F)F)c1)C(=O)Nc1cccc(F)c1. The van der Waals surface area contributed by atoms with E-state index in [1.54, 1.807) is 0 Å². The summed E-state index contributed by atoms with van der Waals surface area (Å²) in [6.07, 6.45) is -4.79. The number of carbonyl (C=O) groups excluding carboxylic acids is 1. The van der Waals surface area contributed by atoms with Crippen molar-refractivity contribution in [1.82, 2.24) is 0 Å². The molecule has 128 valence electrons. The Morgan fingerprint density at radius 3 is 2.42 bits per heavy atom. The van der Waals surface area contributed by atoms with Crippen LogP contribution in [0.4, 0.5) is 28.9 Å². The van der Waals surface area contributed by atoms with Gasteiger partial charge in [0.1, 0.15) is 17.6 Å². The van der Waals surface area contributed by atoms with E-state index < -0.39 is 29.9 Å². The van der Waals surface area contributed by atoms with E-state index in [9.17, 15) is 22.4 Å². The molecule has 0 radical (unpaired) electrons. The molecule has 0 saturated carbocycles. The quantitative estimate of drug-likeness (QED) is 0.802. The molecule has 0 aliphatic heterocycles. The summed E-state index contributed by atoms with van der Waals surface area (Å²) in [5, 5.41) is 5.25. The van der Waals surface area contributed by atoms with Crippen molar-refractivity contribution in [2.24, 2.45) is 0 Å². The van der Waals surface area contributed by atoms with Crippen LogP contribution in [0.1, 0.15) is 6.92 Å². The number of hydrogen-bond acceptors (Lipinski definition) is 3. The molecule has 2 N–H and O–H groups in total. The number of carbonyl (C=O) groups is 1. The molecule has 0 aliphatic carbocycles. The fourth-order valence-electron chi connectivity index (χ4n) is 1.92. The van der Waals surface area contributed by atoms with Gasteiger partial charge in [0.2, 0.25) is 5.91 Å². The third-order valence-electron chi connectivity index (χ3n) is 2.94. The average molecular weight is 342 g/mol. The fraction of sp³-hybridized carbons (Fsp3) is 0.188. The molecule has 4 nitrogen and oxygen atoms in total. The molecule has 0 bridgehead atoms. The van der Waals surface area contributed by atoms with Crippen LogP contribution in [0.25, 0.3) is 0 Å². The van der Waals surface area contributed by atoms with Crippen molar-refractivity contribution in [2.75, 3.05) is 10.6 Å². The van der Waals surface area contributed by atoms with E-state index in [-0.39, 0.29) is 11.4 Å². The van der Waals surface area contributed by atoms with Crippen LogP contribution >= 0.6 is 0 Å². The first-order chi connectivity index (χ1) is 11.2. The fourth-order valence-corrected chi connectivity index (χ4v) is 1.92. The standard InChI is InChI=1S/C16H14F4N2O2/c1-10(15(23)22-12-5-2-4-11(17)8-12)21-13-6-3-7-14(9-13)24-16(18,19)20/h2-10,21H,1H3,(H,22,23). The maximum atomic E-state index is 13.1. The number of halogens is 4. The highest BCUT2D eigenvalue weighted by atomic mass is 19.4. The van der Waals surface area contributed by atoms with Crippen molar-refractivity contribution in [3.63, 3.8) is 0 Å². The molecule has 0 fully saturated rings. The van der Waals surface area contributed by atoms with Gasteiger partial charge in [-0.1, -0.05) is 12.1 Å². The van der Waals surface area contributed by atoms with E-state index in [0.29, 0.717) is 0 Å². The number of anilines is 2. The smallest absolute Gasteiger partial charge is 0.406 e. The average Bonchev–Trinajstić information content (AvgIpc) is 2.45. The van der Waals surface area contributed by atoms with Gasteiger partial charge in [0, 0.05) is 17.4 Å². The highest BCUT2D eigenvalue weighted by Gasteiger charge is 2.31. The molecular weight excluding hydrogens is 328 g/mol. The summed E-state index contributed by atoms with van der Waals surface area (Å²) in [5.74, 6) is -1.36. The van der Waals surface area contributed by atoms with Crippen LogP contribution in [0.5, 0.6) is 5.75 Å². The Labute approximate surface area is 135 Å². The second-order valence-electron chi connectivity index (χ2n) is 4.94.